The van der Waals surface area contributed by atoms with Gasteiger partial charge < -0.3 is 4.90 Å². The first-order valence-corrected chi connectivity index (χ1v) is 5.57. The molecule has 0 unspecified atom stereocenters. The molecule has 1 aliphatic rings. The molecule has 1 fully saturated rings. The minimum absolute atomic E-state index is 0.533. The van der Waals surface area contributed by atoms with Crippen molar-refractivity contribution < 1.29 is 0 Å². The third-order valence-corrected chi connectivity index (χ3v) is 3.57. The molecule has 0 amide bonds. The molecular weight excluding hydrogens is 166 g/mol. The van der Waals surface area contributed by atoms with Gasteiger partial charge in [-0.2, -0.15) is 12.6 Å². The smallest absolute Gasteiger partial charge is 0.00397 e. The van der Waals surface area contributed by atoms with E-state index in [4.69, 9.17) is 0 Å². The molecule has 0 spiro atoms. The van der Waals surface area contributed by atoms with Crippen molar-refractivity contribution in [1.82, 2.24) is 4.90 Å². The number of thiol groups is 1. The second kappa shape index (κ2) is 4.52. The van der Waals surface area contributed by atoms with Crippen molar-refractivity contribution in [2.45, 2.75) is 32.1 Å². The van der Waals surface area contributed by atoms with E-state index in [-0.39, 0.29) is 0 Å². The van der Waals surface area contributed by atoms with Crippen molar-refractivity contribution in [1.29, 1.82) is 0 Å². The highest BCUT2D eigenvalue weighted by atomic mass is 32.1. The summed E-state index contributed by atoms with van der Waals surface area (Å²) in [6.07, 6.45) is 7.02. The van der Waals surface area contributed by atoms with E-state index in [9.17, 15) is 0 Å². The van der Waals surface area contributed by atoms with Gasteiger partial charge in [0, 0.05) is 6.54 Å². The molecule has 12 heavy (non-hydrogen) atoms. The average molecular weight is 187 g/mol. The fourth-order valence-corrected chi connectivity index (χ4v) is 2.76. The van der Waals surface area contributed by atoms with Crippen molar-refractivity contribution in [3.63, 3.8) is 0 Å². The molecule has 0 aromatic carbocycles. The van der Waals surface area contributed by atoms with Gasteiger partial charge in [-0.05, 0) is 38.1 Å². The van der Waals surface area contributed by atoms with Crippen molar-refractivity contribution >= 4 is 12.6 Å². The van der Waals surface area contributed by atoms with E-state index < -0.39 is 0 Å². The predicted molar refractivity (Wildman–Crippen MR) is 57.9 cm³/mol. The van der Waals surface area contributed by atoms with Gasteiger partial charge in [-0.15, -0.1) is 0 Å². The van der Waals surface area contributed by atoms with Crippen molar-refractivity contribution in [3.8, 4) is 0 Å². The molecule has 0 radical (unpaired) electrons. The molecule has 1 aliphatic carbocycles. The quantitative estimate of drug-likeness (QED) is 0.664. The maximum Gasteiger partial charge on any atom is 0.00397 e. The summed E-state index contributed by atoms with van der Waals surface area (Å²) in [5.41, 5.74) is 0.533. The second-order valence-corrected chi connectivity index (χ2v) is 4.77. The minimum Gasteiger partial charge on any atom is -0.309 e. The molecule has 2 heteroatoms. The Morgan fingerprint density at radius 2 is 1.75 bits per heavy atom. The Balaban J connectivity index is 2.48. The zero-order valence-electron chi connectivity index (χ0n) is 8.34. The molecule has 0 heterocycles. The third kappa shape index (κ3) is 2.67. The molecule has 0 atom stereocenters. The van der Waals surface area contributed by atoms with E-state index in [2.05, 4.69) is 31.6 Å². The minimum atomic E-state index is 0.533. The first-order chi connectivity index (χ1) is 5.68. The first kappa shape index (κ1) is 10.4. The van der Waals surface area contributed by atoms with Crippen LogP contribution in [-0.2, 0) is 0 Å². The highest BCUT2D eigenvalue weighted by Crippen LogP contribution is 2.37. The molecule has 0 aliphatic heterocycles. The van der Waals surface area contributed by atoms with Gasteiger partial charge in [0.15, 0.2) is 0 Å². The lowest BCUT2D eigenvalue weighted by Crippen LogP contribution is -2.37. The van der Waals surface area contributed by atoms with Crippen LogP contribution < -0.4 is 0 Å². The Hall–Kier alpha value is 0.310. The molecule has 0 saturated heterocycles. The summed E-state index contributed by atoms with van der Waals surface area (Å²) in [5.74, 6) is 1.06. The van der Waals surface area contributed by atoms with Crippen LogP contribution in [0.2, 0.25) is 0 Å². The molecule has 0 aromatic rings. The Labute approximate surface area is 81.9 Å². The summed E-state index contributed by atoms with van der Waals surface area (Å²) in [6.45, 7) is 1.22. The average Bonchev–Trinajstić information content (AvgIpc) is 2.05. The SMILES string of the molecule is CN(C)CC1(CS)CCCCC1. The van der Waals surface area contributed by atoms with Crippen molar-refractivity contribution in [2.75, 3.05) is 26.4 Å². The molecule has 1 saturated carbocycles. The Bertz CT molecular complexity index is 128. The Kier molecular flexibility index (Phi) is 3.91. The van der Waals surface area contributed by atoms with Crippen molar-refractivity contribution in [3.05, 3.63) is 0 Å². The zero-order valence-corrected chi connectivity index (χ0v) is 9.24. The van der Waals surface area contributed by atoms with Crippen molar-refractivity contribution in [2.24, 2.45) is 5.41 Å². The standard InChI is InChI=1S/C10H21NS/c1-11(2)8-10(9-12)6-4-3-5-7-10/h12H,3-9H2,1-2H3. The van der Waals surface area contributed by atoms with Gasteiger partial charge in [0.05, 0.1) is 0 Å². The van der Waals surface area contributed by atoms with Crippen LogP contribution in [0.4, 0.5) is 0 Å². The van der Waals surface area contributed by atoms with Crippen LogP contribution in [-0.4, -0.2) is 31.3 Å². The Morgan fingerprint density at radius 1 is 1.17 bits per heavy atom. The molecule has 72 valence electrons. The summed E-state index contributed by atoms with van der Waals surface area (Å²) >= 11 is 4.50. The van der Waals surface area contributed by atoms with Gasteiger partial charge in [0.2, 0.25) is 0 Å². The predicted octanol–water partition coefficient (Wildman–Crippen LogP) is 2.43. The van der Waals surface area contributed by atoms with Gasteiger partial charge in [-0.3, -0.25) is 0 Å². The maximum absolute atomic E-state index is 4.50. The summed E-state index contributed by atoms with van der Waals surface area (Å²) in [4.78, 5) is 2.31. The molecule has 0 N–H and O–H groups in total. The van der Waals surface area contributed by atoms with Gasteiger partial charge in [-0.1, -0.05) is 19.3 Å². The zero-order chi connectivity index (χ0) is 9.03. The number of rotatable bonds is 3. The third-order valence-electron chi connectivity index (χ3n) is 2.90. The van der Waals surface area contributed by atoms with E-state index in [0.29, 0.717) is 5.41 Å². The summed E-state index contributed by atoms with van der Waals surface area (Å²) in [7, 11) is 4.33. The lowest BCUT2D eigenvalue weighted by atomic mass is 9.75. The highest BCUT2D eigenvalue weighted by Gasteiger charge is 2.30. The van der Waals surface area contributed by atoms with E-state index in [1.807, 2.05) is 0 Å². The van der Waals surface area contributed by atoms with Crippen LogP contribution in [0.25, 0.3) is 0 Å². The monoisotopic (exact) mass is 187 g/mol. The largest absolute Gasteiger partial charge is 0.309 e. The van der Waals surface area contributed by atoms with Crippen LogP contribution in [0.3, 0.4) is 0 Å². The molecule has 1 rings (SSSR count). The topological polar surface area (TPSA) is 3.24 Å². The Morgan fingerprint density at radius 3 is 2.17 bits per heavy atom. The van der Waals surface area contributed by atoms with Crippen LogP contribution >= 0.6 is 12.6 Å². The molecular formula is C10H21NS. The molecule has 0 bridgehead atoms. The van der Waals surface area contributed by atoms with Crippen LogP contribution in [0.5, 0.6) is 0 Å². The molecule has 1 nitrogen and oxygen atoms in total. The van der Waals surface area contributed by atoms with Gasteiger partial charge >= 0.3 is 0 Å². The van der Waals surface area contributed by atoms with E-state index >= 15 is 0 Å². The highest BCUT2D eigenvalue weighted by molar-refractivity contribution is 7.80. The van der Waals surface area contributed by atoms with Gasteiger partial charge in [-0.25, -0.2) is 0 Å². The van der Waals surface area contributed by atoms with E-state index in [0.717, 1.165) is 5.75 Å². The maximum atomic E-state index is 4.50. The molecule has 0 aromatic heterocycles. The number of hydrogen-bond donors (Lipinski definition) is 1. The van der Waals surface area contributed by atoms with Crippen LogP contribution in [0.15, 0.2) is 0 Å². The van der Waals surface area contributed by atoms with Crippen LogP contribution in [0, 0.1) is 5.41 Å². The first-order valence-electron chi connectivity index (χ1n) is 4.94. The number of nitrogens with zero attached hydrogens (tertiary/aromatic N) is 1. The fourth-order valence-electron chi connectivity index (χ4n) is 2.34. The normalized spacial score (nSPS) is 23.0. The lowest BCUT2D eigenvalue weighted by Gasteiger charge is -2.38. The number of hydrogen-bond acceptors (Lipinski definition) is 2. The summed E-state index contributed by atoms with van der Waals surface area (Å²) in [5, 5.41) is 0. The second-order valence-electron chi connectivity index (χ2n) is 4.46. The van der Waals surface area contributed by atoms with Gasteiger partial charge in [0.1, 0.15) is 0 Å². The summed E-state index contributed by atoms with van der Waals surface area (Å²) < 4.78 is 0. The fraction of sp³-hybridized carbons (Fsp3) is 1.00. The lowest BCUT2D eigenvalue weighted by molar-refractivity contribution is 0.161. The van der Waals surface area contributed by atoms with Crippen LogP contribution in [0.1, 0.15) is 32.1 Å². The summed E-state index contributed by atoms with van der Waals surface area (Å²) in [6, 6.07) is 0. The van der Waals surface area contributed by atoms with E-state index in [1.165, 1.54) is 38.6 Å². The van der Waals surface area contributed by atoms with Gasteiger partial charge in [0.25, 0.3) is 0 Å². The van der Waals surface area contributed by atoms with E-state index in [1.54, 1.807) is 0 Å².